The average molecular weight is 416 g/mol. The number of benzene rings is 1. The fourth-order valence-corrected chi connectivity index (χ4v) is 2.83. The van der Waals surface area contributed by atoms with Gasteiger partial charge in [0.1, 0.15) is 4.90 Å². The van der Waals surface area contributed by atoms with Crippen LogP contribution in [-0.4, -0.2) is 24.1 Å². The highest BCUT2D eigenvalue weighted by Crippen LogP contribution is 2.39. The first-order chi connectivity index (χ1) is 12.1. The van der Waals surface area contributed by atoms with E-state index in [9.17, 15) is 39.6 Å². The Labute approximate surface area is 147 Å². The van der Waals surface area contributed by atoms with Crippen LogP contribution in [0.25, 0.3) is 5.69 Å². The van der Waals surface area contributed by atoms with Crippen molar-refractivity contribution in [3.8, 4) is 5.69 Å². The number of alkyl halides is 6. The van der Waals surface area contributed by atoms with Gasteiger partial charge in [-0.3, -0.25) is 4.79 Å². The van der Waals surface area contributed by atoms with E-state index < -0.39 is 55.7 Å². The van der Waals surface area contributed by atoms with Gasteiger partial charge in [-0.15, -0.1) is 0 Å². The summed E-state index contributed by atoms with van der Waals surface area (Å²) in [6.07, 6.45) is -9.31. The molecular weight excluding hydrogens is 406 g/mol. The van der Waals surface area contributed by atoms with Crippen LogP contribution in [0.15, 0.2) is 29.4 Å². The number of nitrogens with two attached hydrogens (primary N) is 1. The van der Waals surface area contributed by atoms with Crippen LogP contribution in [0.3, 0.4) is 0 Å². The van der Waals surface area contributed by atoms with Gasteiger partial charge in [0.25, 0.3) is 0 Å². The first-order valence-electron chi connectivity index (χ1n) is 6.78. The van der Waals surface area contributed by atoms with E-state index in [2.05, 4.69) is 5.10 Å². The third kappa shape index (κ3) is 4.57. The summed E-state index contributed by atoms with van der Waals surface area (Å²) in [6, 6.07) is 0.641. The zero-order valence-corrected chi connectivity index (χ0v) is 14.0. The molecular formula is C13H10F6N4O3S. The van der Waals surface area contributed by atoms with Crippen LogP contribution in [0, 0.1) is 0 Å². The smallest absolute Gasteiger partial charge is 0.326 e. The summed E-state index contributed by atoms with van der Waals surface area (Å²) in [6.45, 7) is 0.883. The maximum Gasteiger partial charge on any atom is 0.419 e. The van der Waals surface area contributed by atoms with E-state index in [0.717, 1.165) is 6.92 Å². The highest BCUT2D eigenvalue weighted by molar-refractivity contribution is 7.89. The van der Waals surface area contributed by atoms with Crippen molar-refractivity contribution in [3.05, 3.63) is 35.7 Å². The molecule has 0 aliphatic heterocycles. The summed E-state index contributed by atoms with van der Waals surface area (Å²) >= 11 is 0. The van der Waals surface area contributed by atoms with Crippen molar-refractivity contribution in [2.45, 2.75) is 24.2 Å². The number of amides is 1. The van der Waals surface area contributed by atoms with Gasteiger partial charge in [-0.2, -0.15) is 31.4 Å². The van der Waals surface area contributed by atoms with Crippen LogP contribution in [0.1, 0.15) is 18.1 Å². The van der Waals surface area contributed by atoms with Crippen LogP contribution in [0.5, 0.6) is 0 Å². The van der Waals surface area contributed by atoms with Crippen molar-refractivity contribution in [2.75, 3.05) is 5.32 Å². The van der Waals surface area contributed by atoms with E-state index in [1.165, 1.54) is 0 Å². The van der Waals surface area contributed by atoms with Crippen molar-refractivity contribution < 1.29 is 39.6 Å². The molecule has 0 unspecified atom stereocenters. The molecule has 0 atom stereocenters. The van der Waals surface area contributed by atoms with Crippen LogP contribution in [0.2, 0.25) is 0 Å². The van der Waals surface area contributed by atoms with Crippen LogP contribution < -0.4 is 10.5 Å². The van der Waals surface area contributed by atoms with Gasteiger partial charge in [-0.05, 0) is 12.1 Å². The third-order valence-corrected chi connectivity index (χ3v) is 4.12. The van der Waals surface area contributed by atoms with E-state index in [1.807, 2.05) is 5.32 Å². The molecule has 0 aliphatic rings. The second kappa shape index (κ2) is 6.53. The molecule has 7 nitrogen and oxygen atoms in total. The maximum atomic E-state index is 13.3. The zero-order valence-electron chi connectivity index (χ0n) is 13.2. The number of nitrogens with zero attached hydrogens (tertiary/aromatic N) is 2. The molecule has 0 radical (unpaired) electrons. The quantitative estimate of drug-likeness (QED) is 0.750. The lowest BCUT2D eigenvalue weighted by Crippen LogP contribution is -2.20. The molecule has 0 fully saturated rings. The standard InChI is InChI=1S/C13H10F6N4O3S/c1-6(24)22-9-3-11(27(20,25)26)10(2-8(9)13(17,18)19)23-5-7(4-21-23)12(14,15)16/h2-5H,1H3,(H,22,24)(H2,20,25,26). The van der Waals surface area contributed by atoms with Gasteiger partial charge < -0.3 is 5.32 Å². The summed E-state index contributed by atoms with van der Waals surface area (Å²) in [7, 11) is -4.69. The lowest BCUT2D eigenvalue weighted by Gasteiger charge is -2.17. The minimum atomic E-state index is -5.07. The van der Waals surface area contributed by atoms with E-state index in [4.69, 9.17) is 5.14 Å². The van der Waals surface area contributed by atoms with E-state index in [-0.39, 0.29) is 6.07 Å². The molecule has 1 aromatic carbocycles. The number of nitrogens with one attached hydrogen (secondary N) is 1. The number of hydrogen-bond donors (Lipinski definition) is 2. The number of halogens is 6. The van der Waals surface area contributed by atoms with Crippen molar-refractivity contribution in [1.82, 2.24) is 9.78 Å². The van der Waals surface area contributed by atoms with Crippen LogP contribution in [0.4, 0.5) is 32.0 Å². The molecule has 1 amide bonds. The molecule has 14 heteroatoms. The number of carbonyl (C=O) groups excluding carboxylic acids is 1. The molecule has 0 bridgehead atoms. The van der Waals surface area contributed by atoms with Gasteiger partial charge in [-0.25, -0.2) is 18.2 Å². The normalized spacial score (nSPS) is 12.9. The lowest BCUT2D eigenvalue weighted by molar-refractivity contribution is -0.138. The Morgan fingerprint density at radius 2 is 1.74 bits per heavy atom. The Bertz CT molecular complexity index is 994. The molecule has 1 aromatic heterocycles. The van der Waals surface area contributed by atoms with Gasteiger partial charge in [0, 0.05) is 13.1 Å². The summed E-state index contributed by atoms with van der Waals surface area (Å²) in [5.41, 5.74) is -4.60. The van der Waals surface area contributed by atoms with E-state index in [1.54, 1.807) is 0 Å². The number of aromatic nitrogens is 2. The minimum Gasteiger partial charge on any atom is -0.326 e. The molecule has 0 saturated heterocycles. The molecule has 27 heavy (non-hydrogen) atoms. The van der Waals surface area contributed by atoms with Crippen molar-refractivity contribution in [3.63, 3.8) is 0 Å². The van der Waals surface area contributed by atoms with Gasteiger partial charge in [0.2, 0.25) is 15.9 Å². The SMILES string of the molecule is CC(=O)Nc1cc(S(N)(=O)=O)c(-n2cc(C(F)(F)F)cn2)cc1C(F)(F)F. The number of primary sulfonamides is 1. The fourth-order valence-electron chi connectivity index (χ4n) is 2.10. The van der Waals surface area contributed by atoms with Gasteiger partial charge in [-0.1, -0.05) is 0 Å². The van der Waals surface area contributed by atoms with Gasteiger partial charge >= 0.3 is 12.4 Å². The third-order valence-electron chi connectivity index (χ3n) is 3.18. The predicted octanol–water partition coefficient (Wildman–Crippen LogP) is 2.52. The number of rotatable bonds is 3. The van der Waals surface area contributed by atoms with E-state index in [0.29, 0.717) is 23.1 Å². The van der Waals surface area contributed by atoms with E-state index >= 15 is 0 Å². The predicted molar refractivity (Wildman–Crippen MR) is 79.2 cm³/mol. The second-order valence-corrected chi connectivity index (χ2v) is 6.79. The molecule has 0 aliphatic carbocycles. The summed E-state index contributed by atoms with van der Waals surface area (Å²) in [4.78, 5) is 10.2. The number of anilines is 1. The van der Waals surface area contributed by atoms with Crippen molar-refractivity contribution >= 4 is 21.6 Å². The first-order valence-corrected chi connectivity index (χ1v) is 8.33. The van der Waals surface area contributed by atoms with Gasteiger partial charge in [0.05, 0.1) is 28.7 Å². The molecule has 1 heterocycles. The molecule has 2 aromatic rings. The Balaban J connectivity index is 2.83. The van der Waals surface area contributed by atoms with Gasteiger partial charge in [0.15, 0.2) is 0 Å². The summed E-state index contributed by atoms with van der Waals surface area (Å²) in [5.74, 6) is -0.938. The number of sulfonamides is 1. The summed E-state index contributed by atoms with van der Waals surface area (Å²) in [5, 5.41) is 10.0. The largest absolute Gasteiger partial charge is 0.419 e. The monoisotopic (exact) mass is 416 g/mol. The average Bonchev–Trinajstić information content (AvgIpc) is 2.93. The van der Waals surface area contributed by atoms with Crippen molar-refractivity contribution in [2.24, 2.45) is 5.14 Å². The number of hydrogen-bond acceptors (Lipinski definition) is 4. The highest BCUT2D eigenvalue weighted by Gasteiger charge is 2.37. The molecule has 0 spiro atoms. The van der Waals surface area contributed by atoms with Crippen LogP contribution >= 0.6 is 0 Å². The van der Waals surface area contributed by atoms with Crippen molar-refractivity contribution in [1.29, 1.82) is 0 Å². The summed E-state index contributed by atoms with van der Waals surface area (Å²) < 4.78 is 102. The maximum absolute atomic E-state index is 13.3. The second-order valence-electron chi connectivity index (χ2n) is 5.26. The topological polar surface area (TPSA) is 107 Å². The lowest BCUT2D eigenvalue weighted by atomic mass is 10.1. The minimum absolute atomic E-state index is 0.234. The molecule has 148 valence electrons. The Morgan fingerprint density at radius 1 is 1.15 bits per heavy atom. The first kappa shape index (κ1) is 20.7. The fraction of sp³-hybridized carbons (Fsp3) is 0.231. The highest BCUT2D eigenvalue weighted by atomic mass is 32.2. The molecule has 3 N–H and O–H groups in total. The number of carbonyl (C=O) groups is 1. The molecule has 2 rings (SSSR count). The zero-order chi connectivity index (χ0) is 20.8. The molecule has 0 saturated carbocycles. The Morgan fingerprint density at radius 3 is 2.15 bits per heavy atom. The Kier molecular flexibility index (Phi) is 5.00. The van der Waals surface area contributed by atoms with Crippen LogP contribution in [-0.2, 0) is 27.2 Å². The Hall–Kier alpha value is -2.61.